The second-order valence-corrected chi connectivity index (χ2v) is 5.49. The Morgan fingerprint density at radius 3 is 2.52 bits per heavy atom. The number of hydrogen-bond acceptors (Lipinski definition) is 6. The highest BCUT2D eigenvalue weighted by atomic mass is 16.5. The van der Waals surface area contributed by atoms with Crippen LogP contribution in [0, 0.1) is 0 Å². The van der Waals surface area contributed by atoms with Crippen molar-refractivity contribution in [2.24, 2.45) is 0 Å². The van der Waals surface area contributed by atoms with Crippen LogP contribution >= 0.6 is 0 Å². The molecule has 0 atom stereocenters. The Kier molecular flexibility index (Phi) is 5.84. The summed E-state index contributed by atoms with van der Waals surface area (Å²) in [6, 6.07) is 16.3. The molecule has 1 N–H and O–H groups in total. The quantitative estimate of drug-likeness (QED) is 0.692. The maximum atomic E-state index is 12.1. The maximum Gasteiger partial charge on any atom is 0.264 e. The van der Waals surface area contributed by atoms with Crippen molar-refractivity contribution >= 4 is 11.9 Å². The second kappa shape index (κ2) is 8.66. The minimum Gasteiger partial charge on any atom is -0.493 e. The van der Waals surface area contributed by atoms with Crippen molar-refractivity contribution in [3.8, 4) is 28.5 Å². The lowest BCUT2D eigenvalue weighted by atomic mass is 10.1. The number of hydrogen-bond donors (Lipinski definition) is 1. The van der Waals surface area contributed by atoms with Gasteiger partial charge in [-0.25, -0.2) is 9.97 Å². The van der Waals surface area contributed by atoms with Gasteiger partial charge >= 0.3 is 0 Å². The molecule has 0 bridgehead atoms. The number of carbonyl (C=O) groups is 1. The molecule has 3 aromatic rings. The monoisotopic (exact) mass is 365 g/mol. The van der Waals surface area contributed by atoms with Gasteiger partial charge in [0.2, 0.25) is 5.95 Å². The molecule has 0 fully saturated rings. The smallest absolute Gasteiger partial charge is 0.264 e. The maximum absolute atomic E-state index is 12.1. The van der Waals surface area contributed by atoms with Crippen LogP contribution in [0.1, 0.15) is 0 Å². The fraction of sp³-hybridized carbons (Fsp3) is 0.150. The summed E-state index contributed by atoms with van der Waals surface area (Å²) in [5.41, 5.74) is 1.45. The van der Waals surface area contributed by atoms with Crippen molar-refractivity contribution in [3.63, 3.8) is 0 Å². The van der Waals surface area contributed by atoms with Crippen LogP contribution in [0.25, 0.3) is 11.3 Å². The molecule has 1 aromatic heterocycles. The van der Waals surface area contributed by atoms with Crippen LogP contribution in [0.5, 0.6) is 17.2 Å². The first-order chi connectivity index (χ1) is 13.2. The Bertz CT molecular complexity index is 916. The van der Waals surface area contributed by atoms with Crippen LogP contribution in [-0.2, 0) is 4.79 Å². The largest absolute Gasteiger partial charge is 0.493 e. The van der Waals surface area contributed by atoms with Gasteiger partial charge in [-0.1, -0.05) is 18.2 Å². The topological polar surface area (TPSA) is 82.6 Å². The molecule has 0 aliphatic heterocycles. The van der Waals surface area contributed by atoms with E-state index >= 15 is 0 Å². The average molecular weight is 365 g/mol. The summed E-state index contributed by atoms with van der Waals surface area (Å²) >= 11 is 0. The highest BCUT2D eigenvalue weighted by Gasteiger charge is 2.10. The third-order valence-corrected chi connectivity index (χ3v) is 3.70. The zero-order valence-electron chi connectivity index (χ0n) is 15.0. The number of para-hydroxylation sites is 1. The molecule has 1 heterocycles. The summed E-state index contributed by atoms with van der Waals surface area (Å²) in [4.78, 5) is 20.5. The van der Waals surface area contributed by atoms with Crippen LogP contribution in [0.2, 0.25) is 0 Å². The Labute approximate surface area is 156 Å². The van der Waals surface area contributed by atoms with Crippen LogP contribution in [0.15, 0.2) is 60.8 Å². The summed E-state index contributed by atoms with van der Waals surface area (Å²) in [5, 5.41) is 2.63. The first-order valence-electron chi connectivity index (χ1n) is 8.22. The Morgan fingerprint density at radius 2 is 1.78 bits per heavy atom. The van der Waals surface area contributed by atoms with E-state index in [2.05, 4.69) is 15.3 Å². The van der Waals surface area contributed by atoms with Crippen molar-refractivity contribution in [1.29, 1.82) is 0 Å². The second-order valence-electron chi connectivity index (χ2n) is 5.49. The van der Waals surface area contributed by atoms with Crippen LogP contribution in [0.3, 0.4) is 0 Å². The zero-order valence-corrected chi connectivity index (χ0v) is 15.0. The predicted octanol–water partition coefficient (Wildman–Crippen LogP) is 3.18. The molecule has 0 aliphatic carbocycles. The van der Waals surface area contributed by atoms with Crippen molar-refractivity contribution in [1.82, 2.24) is 9.97 Å². The molecule has 7 nitrogen and oxygen atoms in total. The molecule has 0 aliphatic rings. The lowest BCUT2D eigenvalue weighted by Crippen LogP contribution is -2.21. The van der Waals surface area contributed by atoms with E-state index in [1.54, 1.807) is 44.7 Å². The fourth-order valence-electron chi connectivity index (χ4n) is 2.40. The van der Waals surface area contributed by atoms with Crippen molar-refractivity contribution in [2.45, 2.75) is 0 Å². The minimum atomic E-state index is -0.344. The molecular formula is C20H19N3O4. The van der Waals surface area contributed by atoms with E-state index in [1.807, 2.05) is 30.3 Å². The lowest BCUT2D eigenvalue weighted by Gasteiger charge is -2.10. The predicted molar refractivity (Wildman–Crippen MR) is 101 cm³/mol. The van der Waals surface area contributed by atoms with Crippen LogP contribution in [-0.4, -0.2) is 36.7 Å². The minimum absolute atomic E-state index is 0.131. The van der Waals surface area contributed by atoms with E-state index in [9.17, 15) is 4.79 Å². The summed E-state index contributed by atoms with van der Waals surface area (Å²) in [6.45, 7) is -0.131. The van der Waals surface area contributed by atoms with Gasteiger partial charge in [0.25, 0.3) is 5.91 Å². The van der Waals surface area contributed by atoms with E-state index in [0.717, 1.165) is 5.56 Å². The number of benzene rings is 2. The molecule has 0 unspecified atom stereocenters. The molecule has 3 rings (SSSR count). The van der Waals surface area contributed by atoms with E-state index in [4.69, 9.17) is 14.2 Å². The number of nitrogens with zero attached hydrogens (tertiary/aromatic N) is 2. The molecule has 0 spiro atoms. The molecule has 7 heteroatoms. The van der Waals surface area contributed by atoms with Gasteiger partial charge < -0.3 is 14.2 Å². The number of amides is 1. The number of anilines is 1. The molecule has 138 valence electrons. The number of carbonyl (C=O) groups excluding carboxylic acids is 1. The average Bonchev–Trinajstić information content (AvgIpc) is 2.72. The van der Waals surface area contributed by atoms with Gasteiger partial charge in [0, 0.05) is 11.8 Å². The molecule has 0 saturated heterocycles. The van der Waals surface area contributed by atoms with E-state index < -0.39 is 0 Å². The summed E-state index contributed by atoms with van der Waals surface area (Å²) in [7, 11) is 3.15. The Balaban J connectivity index is 1.69. The van der Waals surface area contributed by atoms with E-state index in [-0.39, 0.29) is 18.5 Å². The highest BCUT2D eigenvalue weighted by molar-refractivity contribution is 5.90. The molecule has 2 aromatic carbocycles. The van der Waals surface area contributed by atoms with E-state index in [0.29, 0.717) is 22.9 Å². The fourth-order valence-corrected chi connectivity index (χ4v) is 2.40. The van der Waals surface area contributed by atoms with Crippen molar-refractivity contribution in [3.05, 3.63) is 60.8 Å². The summed E-state index contributed by atoms with van der Waals surface area (Å²) < 4.78 is 16.0. The third kappa shape index (κ3) is 4.72. The normalized spacial score (nSPS) is 10.1. The number of nitrogens with one attached hydrogen (secondary N) is 1. The summed E-state index contributed by atoms with van der Waals surface area (Å²) in [6.07, 6.45) is 1.58. The van der Waals surface area contributed by atoms with Gasteiger partial charge in [0.05, 0.1) is 19.9 Å². The van der Waals surface area contributed by atoms with Gasteiger partial charge in [-0.2, -0.15) is 0 Å². The molecule has 0 saturated carbocycles. The number of aromatic nitrogens is 2. The number of methoxy groups -OCH3 is 2. The SMILES string of the molecule is COc1ccc(-c2ccnc(NC(=O)COc3ccccc3)n2)cc1OC. The standard InChI is InChI=1S/C20H19N3O4/c1-25-17-9-8-14(12-18(17)26-2)16-10-11-21-20(22-16)23-19(24)13-27-15-6-4-3-5-7-15/h3-12H,13H2,1-2H3,(H,21,22,23,24). The number of rotatable bonds is 7. The van der Waals surface area contributed by atoms with Gasteiger partial charge in [-0.3, -0.25) is 10.1 Å². The van der Waals surface area contributed by atoms with Crippen LogP contribution in [0.4, 0.5) is 5.95 Å². The Morgan fingerprint density at radius 1 is 1.00 bits per heavy atom. The number of ether oxygens (including phenoxy) is 3. The van der Waals surface area contributed by atoms with Gasteiger partial charge in [-0.15, -0.1) is 0 Å². The molecule has 27 heavy (non-hydrogen) atoms. The van der Waals surface area contributed by atoms with Gasteiger partial charge in [0.15, 0.2) is 18.1 Å². The summed E-state index contributed by atoms with van der Waals surface area (Å²) in [5.74, 6) is 1.69. The highest BCUT2D eigenvalue weighted by Crippen LogP contribution is 2.31. The Hall–Kier alpha value is -3.61. The molecular weight excluding hydrogens is 346 g/mol. The lowest BCUT2D eigenvalue weighted by molar-refractivity contribution is -0.118. The van der Waals surface area contributed by atoms with Gasteiger partial charge in [0.1, 0.15) is 5.75 Å². The molecule has 1 amide bonds. The molecule has 0 radical (unpaired) electrons. The van der Waals surface area contributed by atoms with E-state index in [1.165, 1.54) is 0 Å². The third-order valence-electron chi connectivity index (χ3n) is 3.70. The van der Waals surface area contributed by atoms with Crippen LogP contribution < -0.4 is 19.5 Å². The van der Waals surface area contributed by atoms with Crippen molar-refractivity contribution < 1.29 is 19.0 Å². The van der Waals surface area contributed by atoms with Crippen molar-refractivity contribution in [2.75, 3.05) is 26.1 Å². The first-order valence-corrected chi connectivity index (χ1v) is 8.22. The zero-order chi connectivity index (χ0) is 19.1. The first kappa shape index (κ1) is 18.2. The van der Waals surface area contributed by atoms with Gasteiger partial charge in [-0.05, 0) is 36.4 Å².